The topological polar surface area (TPSA) is 47.0 Å². The van der Waals surface area contributed by atoms with Gasteiger partial charge in [-0.05, 0) is 6.07 Å². The summed E-state index contributed by atoms with van der Waals surface area (Å²) < 4.78 is 46.3. The van der Waals surface area contributed by atoms with Gasteiger partial charge in [-0.15, -0.1) is 0 Å². The maximum absolute atomic E-state index is 12.2. The zero-order valence-corrected chi connectivity index (χ0v) is 9.80. The molecule has 0 aliphatic carbocycles. The molecule has 9 heteroatoms. The minimum absolute atomic E-state index is 0.346. The molecule has 0 saturated carbocycles. The molecule has 0 amide bonds. The maximum atomic E-state index is 12.2. The van der Waals surface area contributed by atoms with E-state index >= 15 is 0 Å². The fraction of sp³-hybridized carbons (Fsp3) is 0.167. The van der Waals surface area contributed by atoms with Gasteiger partial charge in [0.05, 0.1) is 10.0 Å². The highest BCUT2D eigenvalue weighted by molar-refractivity contribution is 8.13. The first-order valence-electron chi connectivity index (χ1n) is 3.32. The first-order chi connectivity index (χ1) is 6.73. The molecule has 3 nitrogen and oxygen atoms in total. The Kier molecular flexibility index (Phi) is 3.76. The summed E-state index contributed by atoms with van der Waals surface area (Å²) >= 11 is 10.9. The van der Waals surface area contributed by atoms with Gasteiger partial charge in [0.15, 0.2) is 5.03 Å². The molecule has 0 aromatic carbocycles. The van der Waals surface area contributed by atoms with Gasteiger partial charge in [-0.1, -0.05) is 23.2 Å². The highest BCUT2D eigenvalue weighted by Gasteiger charge is 2.23. The van der Waals surface area contributed by atoms with Crippen molar-refractivity contribution < 1.29 is 17.2 Å². The average Bonchev–Trinajstić information content (AvgIpc) is 2.06. The minimum atomic E-state index is -4.30. The fourth-order valence-corrected chi connectivity index (χ4v) is 2.42. The molecule has 84 valence electrons. The third kappa shape index (κ3) is 2.90. The molecule has 0 fully saturated rings. The second-order valence-corrected chi connectivity index (χ2v) is 5.65. The molecule has 0 spiro atoms. The molecular weight excluding hydrogens is 294 g/mol. The maximum Gasteiger partial charge on any atom is 0.280 e. The van der Waals surface area contributed by atoms with Crippen LogP contribution in [0.2, 0.25) is 10.0 Å². The molecule has 0 radical (unpaired) electrons. The SMILES string of the molecule is O=S(=O)(Cl)c1nc(C(F)F)cc(Cl)c1Cl. The predicted molar refractivity (Wildman–Crippen MR) is 52.3 cm³/mol. The fourth-order valence-electron chi connectivity index (χ4n) is 0.767. The second-order valence-electron chi connectivity index (χ2n) is 2.39. The van der Waals surface area contributed by atoms with Gasteiger partial charge in [0.2, 0.25) is 0 Å². The molecule has 0 N–H and O–H groups in total. The molecule has 0 saturated heterocycles. The van der Waals surface area contributed by atoms with Crippen molar-refractivity contribution in [2.75, 3.05) is 0 Å². The van der Waals surface area contributed by atoms with E-state index in [0.717, 1.165) is 6.07 Å². The highest BCUT2D eigenvalue weighted by Crippen LogP contribution is 2.32. The molecule has 1 aromatic heterocycles. The zero-order chi connectivity index (χ0) is 11.8. The van der Waals surface area contributed by atoms with Gasteiger partial charge >= 0.3 is 0 Å². The van der Waals surface area contributed by atoms with E-state index in [-0.39, 0.29) is 5.02 Å². The molecule has 0 aliphatic rings. The molecule has 1 heterocycles. The van der Waals surface area contributed by atoms with E-state index in [1.165, 1.54) is 0 Å². The first kappa shape index (κ1) is 12.9. The van der Waals surface area contributed by atoms with Crippen molar-refractivity contribution in [1.82, 2.24) is 4.98 Å². The van der Waals surface area contributed by atoms with Crippen LogP contribution in [0.3, 0.4) is 0 Å². The minimum Gasteiger partial charge on any atom is -0.233 e. The Balaban J connectivity index is 3.52. The Morgan fingerprint density at radius 2 is 1.87 bits per heavy atom. The molecule has 1 rings (SSSR count). The Bertz CT molecular complexity index is 491. The van der Waals surface area contributed by atoms with Crippen molar-refractivity contribution in [3.63, 3.8) is 0 Å². The van der Waals surface area contributed by atoms with Gasteiger partial charge < -0.3 is 0 Å². The van der Waals surface area contributed by atoms with Crippen molar-refractivity contribution in [2.24, 2.45) is 0 Å². The second kappa shape index (κ2) is 4.37. The summed E-state index contributed by atoms with van der Waals surface area (Å²) in [5.74, 6) is 0. The van der Waals surface area contributed by atoms with E-state index in [9.17, 15) is 17.2 Å². The normalized spacial score (nSPS) is 12.1. The van der Waals surface area contributed by atoms with Crippen LogP contribution < -0.4 is 0 Å². The van der Waals surface area contributed by atoms with Gasteiger partial charge in [-0.25, -0.2) is 22.2 Å². The lowest BCUT2D eigenvalue weighted by Gasteiger charge is -2.05. The van der Waals surface area contributed by atoms with Crippen LogP contribution in [-0.2, 0) is 9.05 Å². The van der Waals surface area contributed by atoms with Crippen LogP contribution in [0.5, 0.6) is 0 Å². The van der Waals surface area contributed by atoms with Gasteiger partial charge in [0, 0.05) is 10.7 Å². The van der Waals surface area contributed by atoms with Crippen LogP contribution in [0, 0.1) is 0 Å². The summed E-state index contributed by atoms with van der Waals surface area (Å²) in [6, 6.07) is 0.778. The van der Waals surface area contributed by atoms with Crippen molar-refractivity contribution in [1.29, 1.82) is 0 Å². The third-order valence-corrected chi connectivity index (χ3v) is 3.44. The molecule has 0 bridgehead atoms. The van der Waals surface area contributed by atoms with E-state index in [4.69, 9.17) is 33.9 Å². The van der Waals surface area contributed by atoms with Gasteiger partial charge in [0.25, 0.3) is 15.5 Å². The van der Waals surface area contributed by atoms with Crippen molar-refractivity contribution >= 4 is 42.9 Å². The average molecular weight is 297 g/mol. The Hall–Kier alpha value is -0.170. The van der Waals surface area contributed by atoms with Crippen LogP contribution in [0.1, 0.15) is 12.1 Å². The Morgan fingerprint density at radius 1 is 1.33 bits per heavy atom. The van der Waals surface area contributed by atoms with Crippen molar-refractivity contribution in [2.45, 2.75) is 11.5 Å². The molecular formula is C6H2Cl3F2NO2S. The first-order valence-corrected chi connectivity index (χ1v) is 6.38. The van der Waals surface area contributed by atoms with Gasteiger partial charge in [-0.3, -0.25) is 0 Å². The molecule has 0 unspecified atom stereocenters. The lowest BCUT2D eigenvalue weighted by molar-refractivity contribution is 0.145. The van der Waals surface area contributed by atoms with Crippen molar-refractivity contribution in [3.8, 4) is 0 Å². The standard InChI is InChI=1S/C6H2Cl3F2NO2S/c7-2-1-3(5(10)11)12-6(4(2)8)15(9,13)14/h1,5H. The summed E-state index contributed by atoms with van der Waals surface area (Å²) in [6.07, 6.45) is -2.96. The van der Waals surface area contributed by atoms with E-state index in [1.807, 2.05) is 0 Å². The zero-order valence-electron chi connectivity index (χ0n) is 6.72. The number of halogens is 5. The number of aromatic nitrogens is 1. The smallest absolute Gasteiger partial charge is 0.233 e. The third-order valence-electron chi connectivity index (χ3n) is 1.36. The lowest BCUT2D eigenvalue weighted by atomic mass is 10.3. The van der Waals surface area contributed by atoms with E-state index < -0.39 is 31.2 Å². The van der Waals surface area contributed by atoms with Crippen molar-refractivity contribution in [3.05, 3.63) is 21.8 Å². The Labute approximate surface area is 98.4 Å². The Morgan fingerprint density at radius 3 is 2.27 bits per heavy atom. The van der Waals surface area contributed by atoms with Crippen LogP contribution in [0.4, 0.5) is 8.78 Å². The number of hydrogen-bond acceptors (Lipinski definition) is 3. The van der Waals surface area contributed by atoms with E-state index in [0.29, 0.717) is 0 Å². The number of alkyl halides is 2. The predicted octanol–water partition coefficient (Wildman–Crippen LogP) is 3.25. The summed E-state index contributed by atoms with van der Waals surface area (Å²) in [7, 11) is 0.634. The summed E-state index contributed by atoms with van der Waals surface area (Å²) in [4.78, 5) is 3.12. The van der Waals surface area contributed by atoms with Gasteiger partial charge in [-0.2, -0.15) is 0 Å². The molecule has 0 atom stereocenters. The number of hydrogen-bond donors (Lipinski definition) is 0. The van der Waals surface area contributed by atoms with E-state index in [2.05, 4.69) is 4.98 Å². The number of rotatable bonds is 2. The van der Waals surface area contributed by atoms with Gasteiger partial charge in [0.1, 0.15) is 5.69 Å². The largest absolute Gasteiger partial charge is 0.280 e. The quantitative estimate of drug-likeness (QED) is 0.787. The molecule has 15 heavy (non-hydrogen) atoms. The molecule has 1 aromatic rings. The van der Waals surface area contributed by atoms with Crippen LogP contribution in [-0.4, -0.2) is 13.4 Å². The molecule has 0 aliphatic heterocycles. The monoisotopic (exact) mass is 295 g/mol. The van der Waals surface area contributed by atoms with Crippen LogP contribution in [0.25, 0.3) is 0 Å². The number of pyridine rings is 1. The lowest BCUT2D eigenvalue weighted by Crippen LogP contribution is -2.01. The number of nitrogens with zero attached hydrogens (tertiary/aromatic N) is 1. The summed E-state index contributed by atoms with van der Waals surface area (Å²) in [5, 5.41) is -1.69. The highest BCUT2D eigenvalue weighted by atomic mass is 35.7. The summed E-state index contributed by atoms with van der Waals surface area (Å²) in [6.45, 7) is 0. The summed E-state index contributed by atoms with van der Waals surface area (Å²) in [5.41, 5.74) is -0.802. The van der Waals surface area contributed by atoms with Crippen LogP contribution >= 0.6 is 33.9 Å². The van der Waals surface area contributed by atoms with E-state index in [1.54, 1.807) is 0 Å². The van der Waals surface area contributed by atoms with Crippen LogP contribution in [0.15, 0.2) is 11.1 Å².